The largest absolute Gasteiger partial charge is 0.481 e. The minimum Gasteiger partial charge on any atom is -0.481 e. The van der Waals surface area contributed by atoms with Gasteiger partial charge in [-0.2, -0.15) is 0 Å². The Labute approximate surface area is 112 Å². The standard InChI is InChI=1S/C14H18N2O3/c17-12(16-11-5-1-4-8-15-11)9-14(10-13(18)19)6-2-3-7-14/h1,4-5,8H,2-3,6-7,9-10H2,(H,18,19)(H,15,16,17). The molecule has 102 valence electrons. The zero-order valence-corrected chi connectivity index (χ0v) is 10.8. The number of rotatable bonds is 5. The molecule has 1 saturated carbocycles. The van der Waals surface area contributed by atoms with Gasteiger partial charge >= 0.3 is 5.97 Å². The summed E-state index contributed by atoms with van der Waals surface area (Å²) in [6, 6.07) is 5.29. The summed E-state index contributed by atoms with van der Waals surface area (Å²) in [5.74, 6) is -0.467. The number of anilines is 1. The number of hydrogen-bond donors (Lipinski definition) is 2. The fourth-order valence-electron chi connectivity index (χ4n) is 2.83. The number of hydrogen-bond acceptors (Lipinski definition) is 3. The highest BCUT2D eigenvalue weighted by atomic mass is 16.4. The van der Waals surface area contributed by atoms with E-state index < -0.39 is 5.97 Å². The summed E-state index contributed by atoms with van der Waals surface area (Å²) >= 11 is 0. The Kier molecular flexibility index (Phi) is 4.14. The first-order chi connectivity index (χ1) is 9.10. The average molecular weight is 262 g/mol. The van der Waals surface area contributed by atoms with Crippen molar-refractivity contribution in [2.45, 2.75) is 38.5 Å². The van der Waals surface area contributed by atoms with Crippen molar-refractivity contribution in [3.63, 3.8) is 0 Å². The number of aliphatic carboxylic acids is 1. The Balaban J connectivity index is 1.97. The second kappa shape index (κ2) is 5.82. The molecule has 0 bridgehead atoms. The molecular weight excluding hydrogens is 244 g/mol. The van der Waals surface area contributed by atoms with Gasteiger partial charge in [0.25, 0.3) is 0 Å². The molecular formula is C14H18N2O3. The molecule has 1 aliphatic rings. The molecule has 0 atom stereocenters. The maximum absolute atomic E-state index is 12.0. The smallest absolute Gasteiger partial charge is 0.303 e. The van der Waals surface area contributed by atoms with Gasteiger partial charge in [-0.1, -0.05) is 18.9 Å². The number of amides is 1. The molecule has 1 aromatic rings. The quantitative estimate of drug-likeness (QED) is 0.854. The molecule has 0 saturated heterocycles. The summed E-state index contributed by atoms with van der Waals surface area (Å²) in [6.07, 6.45) is 5.58. The maximum atomic E-state index is 12.0. The van der Waals surface area contributed by atoms with Crippen LogP contribution in [0.15, 0.2) is 24.4 Å². The number of carbonyl (C=O) groups is 2. The van der Waals surface area contributed by atoms with Crippen LogP contribution in [-0.4, -0.2) is 22.0 Å². The van der Waals surface area contributed by atoms with Gasteiger partial charge in [-0.05, 0) is 30.4 Å². The second-order valence-electron chi connectivity index (χ2n) is 5.22. The summed E-state index contributed by atoms with van der Waals surface area (Å²) < 4.78 is 0. The first kappa shape index (κ1) is 13.5. The molecule has 0 aromatic carbocycles. The number of carbonyl (C=O) groups excluding carboxylic acids is 1. The van der Waals surface area contributed by atoms with Crippen LogP contribution in [0.3, 0.4) is 0 Å². The predicted octanol–water partition coefficient (Wildman–Crippen LogP) is 2.45. The van der Waals surface area contributed by atoms with Gasteiger partial charge in [-0.15, -0.1) is 0 Å². The van der Waals surface area contributed by atoms with Gasteiger partial charge in [0.15, 0.2) is 0 Å². The van der Waals surface area contributed by atoms with Crippen LogP contribution in [0, 0.1) is 5.41 Å². The second-order valence-corrected chi connectivity index (χ2v) is 5.22. The van der Waals surface area contributed by atoms with Gasteiger partial charge in [-0.3, -0.25) is 9.59 Å². The molecule has 1 aliphatic carbocycles. The predicted molar refractivity (Wildman–Crippen MR) is 70.6 cm³/mol. The van der Waals surface area contributed by atoms with Crippen LogP contribution in [0.25, 0.3) is 0 Å². The highest BCUT2D eigenvalue weighted by Gasteiger charge is 2.37. The highest BCUT2D eigenvalue weighted by Crippen LogP contribution is 2.44. The summed E-state index contributed by atoms with van der Waals surface area (Å²) in [4.78, 5) is 27.0. The van der Waals surface area contributed by atoms with Crippen molar-refractivity contribution < 1.29 is 14.7 Å². The van der Waals surface area contributed by atoms with Crippen LogP contribution in [-0.2, 0) is 9.59 Å². The zero-order valence-electron chi connectivity index (χ0n) is 10.8. The number of pyridine rings is 1. The number of nitrogens with one attached hydrogen (secondary N) is 1. The van der Waals surface area contributed by atoms with E-state index in [0.717, 1.165) is 25.7 Å². The lowest BCUT2D eigenvalue weighted by Crippen LogP contribution is -2.27. The SMILES string of the molecule is O=C(O)CC1(CC(=O)Nc2ccccn2)CCCC1. The minimum absolute atomic E-state index is 0.0721. The van der Waals surface area contributed by atoms with Crippen LogP contribution in [0.5, 0.6) is 0 Å². The lowest BCUT2D eigenvalue weighted by Gasteiger charge is -2.26. The van der Waals surface area contributed by atoms with Crippen LogP contribution in [0.2, 0.25) is 0 Å². The fraction of sp³-hybridized carbons (Fsp3) is 0.500. The van der Waals surface area contributed by atoms with E-state index in [9.17, 15) is 9.59 Å². The topological polar surface area (TPSA) is 79.3 Å². The van der Waals surface area contributed by atoms with E-state index in [-0.39, 0.29) is 24.2 Å². The molecule has 0 aliphatic heterocycles. The number of aromatic nitrogens is 1. The minimum atomic E-state index is -0.826. The van der Waals surface area contributed by atoms with Gasteiger partial charge in [0, 0.05) is 12.6 Å². The molecule has 1 heterocycles. The van der Waals surface area contributed by atoms with E-state index in [0.29, 0.717) is 5.82 Å². The van der Waals surface area contributed by atoms with Gasteiger partial charge in [0.2, 0.25) is 5.91 Å². The first-order valence-corrected chi connectivity index (χ1v) is 6.52. The average Bonchev–Trinajstić information content (AvgIpc) is 2.77. The zero-order chi connectivity index (χ0) is 13.7. The summed E-state index contributed by atoms with van der Waals surface area (Å²) in [5.41, 5.74) is -0.370. The highest BCUT2D eigenvalue weighted by molar-refractivity contribution is 5.90. The molecule has 1 fully saturated rings. The van der Waals surface area contributed by atoms with E-state index in [1.54, 1.807) is 24.4 Å². The van der Waals surface area contributed by atoms with Crippen LogP contribution < -0.4 is 5.32 Å². The van der Waals surface area contributed by atoms with Crippen molar-refractivity contribution in [2.75, 3.05) is 5.32 Å². The summed E-state index contributed by atoms with van der Waals surface area (Å²) in [7, 11) is 0. The molecule has 19 heavy (non-hydrogen) atoms. The van der Waals surface area contributed by atoms with Crippen molar-refractivity contribution in [2.24, 2.45) is 5.41 Å². The molecule has 0 radical (unpaired) electrons. The molecule has 0 unspecified atom stereocenters. The van der Waals surface area contributed by atoms with Crippen molar-refractivity contribution >= 4 is 17.7 Å². The Morgan fingerprint density at radius 1 is 1.26 bits per heavy atom. The van der Waals surface area contributed by atoms with Crippen LogP contribution in [0.1, 0.15) is 38.5 Å². The number of carboxylic acids is 1. The monoisotopic (exact) mass is 262 g/mol. The van der Waals surface area contributed by atoms with Crippen molar-refractivity contribution in [3.8, 4) is 0 Å². The molecule has 1 amide bonds. The molecule has 0 spiro atoms. The Bertz CT molecular complexity index is 453. The Morgan fingerprint density at radius 3 is 2.58 bits per heavy atom. The lowest BCUT2D eigenvalue weighted by molar-refractivity contribution is -0.140. The van der Waals surface area contributed by atoms with E-state index in [2.05, 4.69) is 10.3 Å². The van der Waals surface area contributed by atoms with Crippen molar-refractivity contribution in [1.29, 1.82) is 0 Å². The van der Waals surface area contributed by atoms with Gasteiger partial charge in [-0.25, -0.2) is 4.98 Å². The molecule has 5 heteroatoms. The van der Waals surface area contributed by atoms with Gasteiger partial charge in [0.05, 0.1) is 6.42 Å². The normalized spacial score (nSPS) is 17.1. The fourth-order valence-corrected chi connectivity index (χ4v) is 2.83. The number of carboxylic acid groups (broad SMARTS) is 1. The molecule has 2 rings (SSSR count). The van der Waals surface area contributed by atoms with E-state index in [4.69, 9.17) is 5.11 Å². The molecule has 2 N–H and O–H groups in total. The molecule has 5 nitrogen and oxygen atoms in total. The van der Waals surface area contributed by atoms with E-state index in [1.165, 1.54) is 0 Å². The Hall–Kier alpha value is -1.91. The summed E-state index contributed by atoms with van der Waals surface area (Å²) in [5, 5.41) is 11.7. The summed E-state index contributed by atoms with van der Waals surface area (Å²) in [6.45, 7) is 0. The van der Waals surface area contributed by atoms with Gasteiger partial charge in [0.1, 0.15) is 5.82 Å². The Morgan fingerprint density at radius 2 is 2.00 bits per heavy atom. The first-order valence-electron chi connectivity index (χ1n) is 6.52. The van der Waals surface area contributed by atoms with Crippen LogP contribution >= 0.6 is 0 Å². The maximum Gasteiger partial charge on any atom is 0.303 e. The lowest BCUT2D eigenvalue weighted by atomic mass is 9.79. The third-order valence-electron chi connectivity index (χ3n) is 3.66. The van der Waals surface area contributed by atoms with E-state index >= 15 is 0 Å². The van der Waals surface area contributed by atoms with Crippen molar-refractivity contribution in [3.05, 3.63) is 24.4 Å². The van der Waals surface area contributed by atoms with Gasteiger partial charge < -0.3 is 10.4 Å². The third kappa shape index (κ3) is 3.77. The third-order valence-corrected chi connectivity index (χ3v) is 3.66. The molecule has 1 aromatic heterocycles. The number of nitrogens with zero attached hydrogens (tertiary/aromatic N) is 1. The van der Waals surface area contributed by atoms with Crippen LogP contribution in [0.4, 0.5) is 5.82 Å². The van der Waals surface area contributed by atoms with E-state index in [1.807, 2.05) is 0 Å². The van der Waals surface area contributed by atoms with Crippen molar-refractivity contribution in [1.82, 2.24) is 4.98 Å².